The zero-order valence-corrected chi connectivity index (χ0v) is 54.0. The standard InChI is InChI=1S/C76H130O6/c1-4-7-10-13-16-19-22-25-28-30-32-33-34-35-36-37-38-39-40-41-42-43-45-46-48-51-54-57-60-63-66-69-75(78)81-72-73(71-80-74(77)68-65-62-59-56-53-50-27-24-21-18-15-12-9-6-3)82-76(79)70-67-64-61-58-55-52-49-47-44-31-29-26-23-20-17-14-11-8-5-2/h7-8,10-11,16-17,19-20,24-29,32-33,44,47,73H,4-6,9,12-15,18,21-23,30-31,34-43,45-46,48-72H2,1-3H3/b10-7-,11-8-,19-16-,20-17-,27-24-,28-25-,29-26-,33-32-,47-44-. The molecule has 0 aromatic heterocycles. The molecule has 0 radical (unpaired) electrons. The van der Waals surface area contributed by atoms with Gasteiger partial charge in [0.2, 0.25) is 0 Å². The van der Waals surface area contributed by atoms with Gasteiger partial charge in [0.05, 0.1) is 0 Å². The lowest BCUT2D eigenvalue weighted by molar-refractivity contribution is -0.167. The summed E-state index contributed by atoms with van der Waals surface area (Å²) in [6.07, 6.45) is 95.4. The number of hydrogen-bond acceptors (Lipinski definition) is 6. The fourth-order valence-corrected chi connectivity index (χ4v) is 9.83. The van der Waals surface area contributed by atoms with Crippen LogP contribution in [0.4, 0.5) is 0 Å². The van der Waals surface area contributed by atoms with Gasteiger partial charge in [0.15, 0.2) is 6.10 Å². The first-order valence-electron chi connectivity index (χ1n) is 34.9. The molecule has 0 N–H and O–H groups in total. The van der Waals surface area contributed by atoms with Crippen LogP contribution in [0.25, 0.3) is 0 Å². The minimum absolute atomic E-state index is 0.0843. The summed E-state index contributed by atoms with van der Waals surface area (Å²) in [5, 5.41) is 0. The van der Waals surface area contributed by atoms with Crippen LogP contribution >= 0.6 is 0 Å². The molecule has 0 aliphatic rings. The third-order valence-corrected chi connectivity index (χ3v) is 15.0. The Labute approximate surface area is 508 Å². The van der Waals surface area contributed by atoms with Crippen LogP contribution < -0.4 is 0 Å². The zero-order chi connectivity index (χ0) is 59.2. The van der Waals surface area contributed by atoms with Crippen LogP contribution in [-0.2, 0) is 28.6 Å². The molecule has 1 atom stereocenters. The van der Waals surface area contributed by atoms with Crippen LogP contribution in [-0.4, -0.2) is 37.2 Å². The minimum atomic E-state index is -0.790. The van der Waals surface area contributed by atoms with Crippen molar-refractivity contribution in [3.05, 3.63) is 109 Å². The number of carbonyl (C=O) groups excluding carboxylic acids is 3. The Morgan fingerprint density at radius 3 is 0.756 bits per heavy atom. The molecule has 0 bridgehead atoms. The summed E-state index contributed by atoms with van der Waals surface area (Å²) in [5.74, 6) is -0.894. The molecule has 0 fully saturated rings. The third-order valence-electron chi connectivity index (χ3n) is 15.0. The summed E-state index contributed by atoms with van der Waals surface area (Å²) < 4.78 is 17.0. The van der Waals surface area contributed by atoms with Gasteiger partial charge in [0.1, 0.15) is 13.2 Å². The third kappa shape index (κ3) is 66.9. The predicted molar refractivity (Wildman–Crippen MR) is 357 cm³/mol. The first-order valence-corrected chi connectivity index (χ1v) is 34.9. The molecule has 470 valence electrons. The maximum Gasteiger partial charge on any atom is 0.306 e. The molecule has 0 aliphatic heterocycles. The number of allylic oxidation sites excluding steroid dienone is 18. The fraction of sp³-hybridized carbons (Fsp3) is 0.724. The molecule has 6 nitrogen and oxygen atoms in total. The number of rotatable bonds is 63. The van der Waals surface area contributed by atoms with Gasteiger partial charge in [-0.25, -0.2) is 0 Å². The second-order valence-electron chi connectivity index (χ2n) is 23.0. The van der Waals surface area contributed by atoms with E-state index in [0.29, 0.717) is 19.3 Å². The summed E-state index contributed by atoms with van der Waals surface area (Å²) in [4.78, 5) is 38.4. The quantitative estimate of drug-likeness (QED) is 0.0261. The van der Waals surface area contributed by atoms with Gasteiger partial charge in [-0.05, 0) is 122 Å². The minimum Gasteiger partial charge on any atom is -0.462 e. The predicted octanol–water partition coefficient (Wildman–Crippen LogP) is 24.2. The largest absolute Gasteiger partial charge is 0.462 e. The molecule has 0 saturated carbocycles. The Hall–Kier alpha value is -3.93. The van der Waals surface area contributed by atoms with Crippen LogP contribution in [0.2, 0.25) is 0 Å². The van der Waals surface area contributed by atoms with E-state index in [-0.39, 0.29) is 31.1 Å². The highest BCUT2D eigenvalue weighted by Gasteiger charge is 2.19. The molecular formula is C76H130O6. The van der Waals surface area contributed by atoms with Crippen molar-refractivity contribution in [2.24, 2.45) is 0 Å². The molecule has 0 spiro atoms. The molecule has 6 heteroatoms. The Morgan fingerprint density at radius 2 is 0.476 bits per heavy atom. The number of unbranched alkanes of at least 4 members (excludes halogenated alkanes) is 34. The Bertz CT molecular complexity index is 1640. The van der Waals surface area contributed by atoms with Crippen LogP contribution in [0.3, 0.4) is 0 Å². The second-order valence-corrected chi connectivity index (χ2v) is 23.0. The maximum atomic E-state index is 12.9. The zero-order valence-electron chi connectivity index (χ0n) is 54.0. The lowest BCUT2D eigenvalue weighted by atomic mass is 10.0. The highest BCUT2D eigenvalue weighted by Crippen LogP contribution is 2.17. The van der Waals surface area contributed by atoms with E-state index >= 15 is 0 Å². The monoisotopic (exact) mass is 1140 g/mol. The number of carbonyl (C=O) groups is 3. The molecule has 0 saturated heterocycles. The van der Waals surface area contributed by atoms with Gasteiger partial charge in [0.25, 0.3) is 0 Å². The first kappa shape index (κ1) is 78.1. The summed E-state index contributed by atoms with van der Waals surface area (Å²) >= 11 is 0. The second kappa shape index (κ2) is 69.6. The van der Waals surface area contributed by atoms with Gasteiger partial charge >= 0.3 is 17.9 Å². The molecule has 0 amide bonds. The molecule has 1 unspecified atom stereocenters. The lowest BCUT2D eigenvalue weighted by Gasteiger charge is -2.18. The number of hydrogen-bond donors (Lipinski definition) is 0. The van der Waals surface area contributed by atoms with Crippen molar-refractivity contribution in [2.45, 2.75) is 341 Å². The first-order chi connectivity index (χ1) is 40.5. The average Bonchev–Trinajstić information content (AvgIpc) is 3.47. The highest BCUT2D eigenvalue weighted by atomic mass is 16.6. The van der Waals surface area contributed by atoms with Crippen LogP contribution in [0.15, 0.2) is 109 Å². The fourth-order valence-electron chi connectivity index (χ4n) is 9.83. The highest BCUT2D eigenvalue weighted by molar-refractivity contribution is 5.71. The lowest BCUT2D eigenvalue weighted by Crippen LogP contribution is -2.30. The average molecular weight is 1140 g/mol. The molecule has 82 heavy (non-hydrogen) atoms. The van der Waals surface area contributed by atoms with E-state index in [1.54, 1.807) is 0 Å². The van der Waals surface area contributed by atoms with Crippen LogP contribution in [0, 0.1) is 0 Å². The molecular weight excluding hydrogens is 1010 g/mol. The summed E-state index contributed by atoms with van der Waals surface area (Å²) in [6, 6.07) is 0. The Morgan fingerprint density at radius 1 is 0.256 bits per heavy atom. The SMILES string of the molecule is CC/C=C\C/C=C\C/C=C\C/C=C\CCCCCCCCCCCCCCCCCCCCC(=O)OCC(COC(=O)CCCCCCC/C=C\CCCCCCC)OC(=O)CCCCCCCC/C=C\C/C=C\C/C=C\C/C=C\CC. The van der Waals surface area contributed by atoms with E-state index in [0.717, 1.165) is 128 Å². The van der Waals surface area contributed by atoms with Gasteiger partial charge in [-0.15, -0.1) is 0 Å². The van der Waals surface area contributed by atoms with Gasteiger partial charge in [-0.3, -0.25) is 14.4 Å². The molecule has 0 aromatic carbocycles. The molecule has 0 heterocycles. The van der Waals surface area contributed by atoms with E-state index in [4.69, 9.17) is 14.2 Å². The Kier molecular flexibility index (Phi) is 66.2. The van der Waals surface area contributed by atoms with E-state index < -0.39 is 6.10 Å². The van der Waals surface area contributed by atoms with Crippen molar-refractivity contribution in [3.63, 3.8) is 0 Å². The van der Waals surface area contributed by atoms with E-state index in [1.807, 2.05) is 0 Å². The summed E-state index contributed by atoms with van der Waals surface area (Å²) in [5.41, 5.74) is 0. The van der Waals surface area contributed by atoms with Crippen molar-refractivity contribution in [3.8, 4) is 0 Å². The summed E-state index contributed by atoms with van der Waals surface area (Å²) in [6.45, 7) is 6.42. The van der Waals surface area contributed by atoms with Crippen LogP contribution in [0.5, 0.6) is 0 Å². The van der Waals surface area contributed by atoms with Crippen molar-refractivity contribution in [1.29, 1.82) is 0 Å². The van der Waals surface area contributed by atoms with Crippen molar-refractivity contribution in [1.82, 2.24) is 0 Å². The molecule has 0 aromatic rings. The van der Waals surface area contributed by atoms with E-state index in [1.165, 1.54) is 167 Å². The topological polar surface area (TPSA) is 78.9 Å². The van der Waals surface area contributed by atoms with Crippen molar-refractivity contribution < 1.29 is 28.6 Å². The Balaban J connectivity index is 4.25. The number of ether oxygens (including phenoxy) is 3. The van der Waals surface area contributed by atoms with Crippen molar-refractivity contribution >= 4 is 17.9 Å². The smallest absolute Gasteiger partial charge is 0.306 e. The molecule has 0 aliphatic carbocycles. The van der Waals surface area contributed by atoms with Crippen molar-refractivity contribution in [2.75, 3.05) is 13.2 Å². The van der Waals surface area contributed by atoms with Crippen LogP contribution in [0.1, 0.15) is 335 Å². The normalized spacial score (nSPS) is 12.8. The molecule has 0 rings (SSSR count). The maximum absolute atomic E-state index is 12.9. The number of esters is 3. The van der Waals surface area contributed by atoms with E-state index in [9.17, 15) is 14.4 Å². The van der Waals surface area contributed by atoms with Gasteiger partial charge in [-0.2, -0.15) is 0 Å². The summed E-state index contributed by atoms with van der Waals surface area (Å²) in [7, 11) is 0. The van der Waals surface area contributed by atoms with Gasteiger partial charge < -0.3 is 14.2 Å². The van der Waals surface area contributed by atoms with Gasteiger partial charge in [-0.1, -0.05) is 304 Å². The van der Waals surface area contributed by atoms with E-state index in [2.05, 4.69) is 130 Å². The van der Waals surface area contributed by atoms with Gasteiger partial charge in [0, 0.05) is 19.3 Å².